The Kier molecular flexibility index (Phi) is 4.11. The Morgan fingerprint density at radius 2 is 2.00 bits per heavy atom. The van der Waals surface area contributed by atoms with E-state index in [1.54, 1.807) is 13.8 Å². The third-order valence-electron chi connectivity index (χ3n) is 2.99. The second kappa shape index (κ2) is 4.94. The number of carbonyl (C=O) groups is 1. The van der Waals surface area contributed by atoms with E-state index in [2.05, 4.69) is 5.32 Å². The summed E-state index contributed by atoms with van der Waals surface area (Å²) in [5.41, 5.74) is -0.920. The van der Waals surface area contributed by atoms with E-state index in [9.17, 15) is 9.90 Å². The molecule has 0 radical (unpaired) electrons. The van der Waals surface area contributed by atoms with Crippen molar-refractivity contribution in [3.05, 3.63) is 0 Å². The number of rotatable bonds is 3. The maximum atomic E-state index is 12.1. The highest BCUT2D eigenvalue weighted by Gasteiger charge is 2.34. The molecule has 4 heteroatoms. The third kappa shape index (κ3) is 3.18. The summed E-state index contributed by atoms with van der Waals surface area (Å²) in [7, 11) is 0. The molecule has 1 atom stereocenters. The summed E-state index contributed by atoms with van der Waals surface area (Å²) in [5.74, 6) is -0.192. The number of nitrogens with zero attached hydrogens (tertiary/aromatic N) is 1. The third-order valence-corrected chi connectivity index (χ3v) is 2.99. The number of hydrogen-bond acceptors (Lipinski definition) is 3. The Bertz CT molecular complexity index is 217. The molecular weight excluding hydrogens is 192 g/mol. The lowest BCUT2D eigenvalue weighted by molar-refractivity contribution is -0.144. The van der Waals surface area contributed by atoms with Crippen LogP contribution in [0.4, 0.5) is 0 Å². The van der Waals surface area contributed by atoms with Crippen LogP contribution in [0.5, 0.6) is 0 Å². The van der Waals surface area contributed by atoms with E-state index in [4.69, 9.17) is 0 Å². The number of nitrogens with one attached hydrogen (secondary N) is 1. The molecule has 0 aromatic rings. The summed E-state index contributed by atoms with van der Waals surface area (Å²) in [6.07, 6.45) is 0.687. The maximum absolute atomic E-state index is 12.1. The van der Waals surface area contributed by atoms with E-state index in [0.29, 0.717) is 6.42 Å². The first-order valence-corrected chi connectivity index (χ1v) is 5.68. The molecule has 88 valence electrons. The van der Waals surface area contributed by atoms with Crippen LogP contribution in [0.2, 0.25) is 0 Å². The van der Waals surface area contributed by atoms with Gasteiger partial charge in [0.1, 0.15) is 0 Å². The Morgan fingerprint density at radius 1 is 1.47 bits per heavy atom. The summed E-state index contributed by atoms with van der Waals surface area (Å²) in [5, 5.41) is 13.1. The average Bonchev–Trinajstić information content (AvgIpc) is 2.18. The van der Waals surface area contributed by atoms with Crippen LogP contribution < -0.4 is 5.32 Å². The molecular formula is C11H22N2O2. The molecule has 1 aliphatic rings. The van der Waals surface area contributed by atoms with Crippen molar-refractivity contribution < 1.29 is 9.90 Å². The SMILES string of the molecule is CCC(C(=O)N1CCNCC1)C(C)(C)O. The molecule has 0 aromatic heterocycles. The minimum absolute atomic E-state index is 0.0894. The average molecular weight is 214 g/mol. The van der Waals surface area contributed by atoms with Gasteiger partial charge in [-0.25, -0.2) is 0 Å². The van der Waals surface area contributed by atoms with Gasteiger partial charge in [-0.15, -0.1) is 0 Å². The van der Waals surface area contributed by atoms with Crippen LogP contribution in [0.25, 0.3) is 0 Å². The van der Waals surface area contributed by atoms with Crippen LogP contribution in [0.3, 0.4) is 0 Å². The number of amides is 1. The largest absolute Gasteiger partial charge is 0.390 e. The number of hydrogen-bond donors (Lipinski definition) is 2. The predicted octanol–water partition coefficient (Wildman–Crippen LogP) is 0.215. The molecule has 0 bridgehead atoms. The monoisotopic (exact) mass is 214 g/mol. The smallest absolute Gasteiger partial charge is 0.228 e. The Labute approximate surface area is 91.6 Å². The van der Waals surface area contributed by atoms with Crippen LogP contribution in [0.1, 0.15) is 27.2 Å². The van der Waals surface area contributed by atoms with E-state index in [1.165, 1.54) is 0 Å². The molecule has 1 amide bonds. The molecule has 0 saturated carbocycles. The maximum Gasteiger partial charge on any atom is 0.228 e. The van der Waals surface area contributed by atoms with Crippen molar-refractivity contribution in [2.24, 2.45) is 5.92 Å². The lowest BCUT2D eigenvalue weighted by Gasteiger charge is -2.35. The summed E-state index contributed by atoms with van der Waals surface area (Å²) < 4.78 is 0. The quantitative estimate of drug-likeness (QED) is 0.706. The van der Waals surface area contributed by atoms with Gasteiger partial charge in [-0.2, -0.15) is 0 Å². The van der Waals surface area contributed by atoms with Crippen molar-refractivity contribution in [2.45, 2.75) is 32.8 Å². The first-order chi connectivity index (χ1) is 6.96. The van der Waals surface area contributed by atoms with E-state index in [1.807, 2.05) is 11.8 Å². The van der Waals surface area contributed by atoms with E-state index in [0.717, 1.165) is 26.2 Å². The highest BCUT2D eigenvalue weighted by Crippen LogP contribution is 2.22. The highest BCUT2D eigenvalue weighted by molar-refractivity contribution is 5.80. The van der Waals surface area contributed by atoms with Gasteiger partial charge in [-0.05, 0) is 20.3 Å². The fourth-order valence-electron chi connectivity index (χ4n) is 2.08. The van der Waals surface area contributed by atoms with Crippen LogP contribution in [0.15, 0.2) is 0 Å². The second-order valence-corrected chi connectivity index (χ2v) is 4.69. The fraction of sp³-hybridized carbons (Fsp3) is 0.909. The predicted molar refractivity (Wildman–Crippen MR) is 59.5 cm³/mol. The van der Waals surface area contributed by atoms with Crippen LogP contribution in [0, 0.1) is 5.92 Å². The van der Waals surface area contributed by atoms with E-state index < -0.39 is 5.60 Å². The molecule has 1 heterocycles. The van der Waals surface area contributed by atoms with Gasteiger partial charge >= 0.3 is 0 Å². The molecule has 2 N–H and O–H groups in total. The van der Waals surface area contributed by atoms with Gasteiger partial charge < -0.3 is 15.3 Å². The second-order valence-electron chi connectivity index (χ2n) is 4.69. The van der Waals surface area contributed by atoms with Gasteiger partial charge in [-0.1, -0.05) is 6.92 Å². The van der Waals surface area contributed by atoms with Gasteiger partial charge in [-0.3, -0.25) is 4.79 Å². The highest BCUT2D eigenvalue weighted by atomic mass is 16.3. The molecule has 1 rings (SSSR count). The number of aliphatic hydroxyl groups is 1. The van der Waals surface area contributed by atoms with Crippen LogP contribution in [-0.4, -0.2) is 47.7 Å². The van der Waals surface area contributed by atoms with Crippen molar-refractivity contribution >= 4 is 5.91 Å². The minimum Gasteiger partial charge on any atom is -0.390 e. The normalized spacial score (nSPS) is 20.1. The Balaban J connectivity index is 2.63. The molecule has 15 heavy (non-hydrogen) atoms. The molecule has 1 unspecified atom stereocenters. The standard InChI is InChI=1S/C11H22N2O2/c1-4-9(11(2,3)15)10(14)13-7-5-12-6-8-13/h9,12,15H,4-8H2,1-3H3. The summed E-state index contributed by atoms with van der Waals surface area (Å²) in [4.78, 5) is 14.0. The van der Waals surface area contributed by atoms with Crippen molar-refractivity contribution in [1.29, 1.82) is 0 Å². The zero-order valence-electron chi connectivity index (χ0n) is 9.92. The van der Waals surface area contributed by atoms with Crippen LogP contribution in [-0.2, 0) is 4.79 Å². The van der Waals surface area contributed by atoms with Gasteiger partial charge in [0.05, 0.1) is 11.5 Å². The minimum atomic E-state index is -0.920. The molecule has 1 fully saturated rings. The van der Waals surface area contributed by atoms with Gasteiger partial charge in [0.2, 0.25) is 5.91 Å². The summed E-state index contributed by atoms with van der Waals surface area (Å²) in [6.45, 7) is 8.59. The molecule has 4 nitrogen and oxygen atoms in total. The lowest BCUT2D eigenvalue weighted by Crippen LogP contribution is -2.51. The van der Waals surface area contributed by atoms with Crippen molar-refractivity contribution in [2.75, 3.05) is 26.2 Å². The molecule has 0 aliphatic carbocycles. The zero-order chi connectivity index (χ0) is 11.5. The summed E-state index contributed by atoms with van der Waals surface area (Å²) in [6, 6.07) is 0. The van der Waals surface area contributed by atoms with Gasteiger partial charge in [0.15, 0.2) is 0 Å². The van der Waals surface area contributed by atoms with Crippen molar-refractivity contribution in [3.8, 4) is 0 Å². The Hall–Kier alpha value is -0.610. The zero-order valence-corrected chi connectivity index (χ0v) is 9.92. The molecule has 1 saturated heterocycles. The molecule has 1 aliphatic heterocycles. The first kappa shape index (κ1) is 12.5. The Morgan fingerprint density at radius 3 is 2.40 bits per heavy atom. The van der Waals surface area contributed by atoms with Gasteiger partial charge in [0.25, 0.3) is 0 Å². The topological polar surface area (TPSA) is 52.6 Å². The van der Waals surface area contributed by atoms with Gasteiger partial charge in [0, 0.05) is 26.2 Å². The fourth-order valence-corrected chi connectivity index (χ4v) is 2.08. The van der Waals surface area contributed by atoms with Crippen molar-refractivity contribution in [3.63, 3.8) is 0 Å². The molecule has 0 spiro atoms. The molecule has 0 aromatic carbocycles. The lowest BCUT2D eigenvalue weighted by atomic mass is 9.87. The first-order valence-electron chi connectivity index (χ1n) is 5.68. The number of carbonyl (C=O) groups excluding carboxylic acids is 1. The van der Waals surface area contributed by atoms with E-state index >= 15 is 0 Å². The van der Waals surface area contributed by atoms with Crippen LogP contribution >= 0.6 is 0 Å². The van der Waals surface area contributed by atoms with Crippen molar-refractivity contribution in [1.82, 2.24) is 10.2 Å². The number of piperazine rings is 1. The summed E-state index contributed by atoms with van der Waals surface area (Å²) >= 11 is 0. The van der Waals surface area contributed by atoms with E-state index in [-0.39, 0.29) is 11.8 Å².